The molecule has 2 aromatic rings. The molecule has 1 N–H and O–H groups in total. The van der Waals surface area contributed by atoms with Crippen LogP contribution in [0.3, 0.4) is 0 Å². The van der Waals surface area contributed by atoms with E-state index in [4.69, 9.17) is 14.7 Å². The van der Waals surface area contributed by atoms with E-state index < -0.39 is 12.6 Å². The van der Waals surface area contributed by atoms with Crippen molar-refractivity contribution in [3.63, 3.8) is 0 Å². The fraction of sp³-hybridized carbons (Fsp3) is 0.118. The summed E-state index contributed by atoms with van der Waals surface area (Å²) in [5.74, 6) is -0.548. The summed E-state index contributed by atoms with van der Waals surface area (Å²) >= 11 is 0. The summed E-state index contributed by atoms with van der Waals surface area (Å²) in [5.41, 5.74) is 0.805. The van der Waals surface area contributed by atoms with Crippen LogP contribution < -0.4 is 4.74 Å². The second-order valence-corrected chi connectivity index (χ2v) is 4.53. The predicted molar refractivity (Wildman–Crippen MR) is 82.7 cm³/mol. The average Bonchev–Trinajstić information content (AvgIpc) is 3.12. The number of aromatic amines is 1. The van der Waals surface area contributed by atoms with E-state index in [-0.39, 0.29) is 11.4 Å². The van der Waals surface area contributed by atoms with Crippen LogP contribution in [0.25, 0.3) is 6.08 Å². The number of esters is 1. The maximum absolute atomic E-state index is 11.9. The van der Waals surface area contributed by atoms with Crippen molar-refractivity contribution in [1.82, 2.24) is 4.98 Å². The summed E-state index contributed by atoms with van der Waals surface area (Å²) in [6, 6.07) is 11.8. The van der Waals surface area contributed by atoms with E-state index in [2.05, 4.69) is 4.98 Å². The highest BCUT2D eigenvalue weighted by molar-refractivity contribution is 6.01. The third-order valence-electron chi connectivity index (χ3n) is 3.00. The monoisotopic (exact) mass is 310 g/mol. The lowest BCUT2D eigenvalue weighted by molar-refractivity contribution is -0.137. The van der Waals surface area contributed by atoms with Crippen LogP contribution in [0.1, 0.15) is 16.1 Å². The van der Waals surface area contributed by atoms with Crippen LogP contribution in [0.15, 0.2) is 48.2 Å². The molecule has 0 aliphatic rings. The molecular weight excluding hydrogens is 296 g/mol. The third-order valence-corrected chi connectivity index (χ3v) is 3.00. The van der Waals surface area contributed by atoms with Crippen LogP contribution in [0.2, 0.25) is 0 Å². The van der Waals surface area contributed by atoms with Crippen molar-refractivity contribution in [2.24, 2.45) is 0 Å². The van der Waals surface area contributed by atoms with Crippen LogP contribution in [-0.4, -0.2) is 30.5 Å². The minimum Gasteiger partial charge on any atom is -0.497 e. The normalized spacial score (nSPS) is 10.7. The van der Waals surface area contributed by atoms with E-state index in [0.29, 0.717) is 17.0 Å². The maximum atomic E-state index is 11.9. The van der Waals surface area contributed by atoms with Crippen molar-refractivity contribution in [2.75, 3.05) is 13.7 Å². The Morgan fingerprint density at radius 2 is 2.00 bits per heavy atom. The third kappa shape index (κ3) is 4.32. The zero-order chi connectivity index (χ0) is 16.7. The summed E-state index contributed by atoms with van der Waals surface area (Å²) in [6.45, 7) is -0.430. The summed E-state index contributed by atoms with van der Waals surface area (Å²) < 4.78 is 9.90. The topological polar surface area (TPSA) is 92.2 Å². The summed E-state index contributed by atoms with van der Waals surface area (Å²) in [7, 11) is 1.55. The fourth-order valence-electron chi connectivity index (χ4n) is 1.79. The first kappa shape index (κ1) is 16.0. The molecule has 6 heteroatoms. The first-order valence-electron chi connectivity index (χ1n) is 6.73. The molecule has 6 nitrogen and oxygen atoms in total. The zero-order valence-electron chi connectivity index (χ0n) is 12.4. The van der Waals surface area contributed by atoms with Crippen molar-refractivity contribution < 1.29 is 19.1 Å². The number of carbonyl (C=O) groups excluding carboxylic acids is 2. The van der Waals surface area contributed by atoms with Gasteiger partial charge in [0.05, 0.1) is 12.8 Å². The Bertz CT molecular complexity index is 753. The Labute approximate surface area is 133 Å². The molecule has 0 radical (unpaired) electrons. The predicted octanol–water partition coefficient (Wildman–Crippen LogP) is 2.36. The maximum Gasteiger partial charge on any atom is 0.349 e. The van der Waals surface area contributed by atoms with Gasteiger partial charge in [0.15, 0.2) is 6.61 Å². The molecule has 0 atom stereocenters. The van der Waals surface area contributed by atoms with Crippen molar-refractivity contribution in [1.29, 1.82) is 5.26 Å². The molecule has 0 bridgehead atoms. The van der Waals surface area contributed by atoms with Gasteiger partial charge >= 0.3 is 5.97 Å². The Morgan fingerprint density at radius 3 is 2.57 bits per heavy atom. The van der Waals surface area contributed by atoms with Crippen LogP contribution in [0.5, 0.6) is 5.75 Å². The van der Waals surface area contributed by atoms with Gasteiger partial charge in [-0.3, -0.25) is 4.79 Å². The van der Waals surface area contributed by atoms with E-state index in [9.17, 15) is 9.59 Å². The molecule has 1 aromatic heterocycles. The molecule has 0 amide bonds. The van der Waals surface area contributed by atoms with Crippen molar-refractivity contribution >= 4 is 17.8 Å². The molecule has 116 valence electrons. The molecule has 23 heavy (non-hydrogen) atoms. The number of nitriles is 1. The number of H-pyrrole nitrogens is 1. The van der Waals surface area contributed by atoms with E-state index >= 15 is 0 Å². The molecule has 2 rings (SSSR count). The summed E-state index contributed by atoms with van der Waals surface area (Å²) in [5, 5.41) is 9.07. The number of methoxy groups -OCH3 is 1. The van der Waals surface area contributed by atoms with Gasteiger partial charge in [-0.2, -0.15) is 5.26 Å². The van der Waals surface area contributed by atoms with E-state index in [1.165, 1.54) is 6.08 Å². The second kappa shape index (κ2) is 7.61. The van der Waals surface area contributed by atoms with Gasteiger partial charge in [-0.1, -0.05) is 12.1 Å². The number of ether oxygens (including phenoxy) is 2. The molecule has 0 spiro atoms. The fourth-order valence-corrected chi connectivity index (χ4v) is 1.79. The number of nitrogens with zero attached hydrogens (tertiary/aromatic N) is 1. The SMILES string of the molecule is COc1ccc(/C=C(\C#N)C(=O)OCC(=O)c2ccc[nH]2)cc1. The number of rotatable bonds is 6. The highest BCUT2D eigenvalue weighted by atomic mass is 16.5. The van der Waals surface area contributed by atoms with Gasteiger partial charge in [0, 0.05) is 6.20 Å². The molecule has 1 aromatic carbocycles. The summed E-state index contributed by atoms with van der Waals surface area (Å²) in [6.07, 6.45) is 2.99. The van der Waals surface area contributed by atoms with E-state index in [0.717, 1.165) is 0 Å². The van der Waals surface area contributed by atoms with Crippen LogP contribution in [0, 0.1) is 11.3 Å². The first-order valence-corrected chi connectivity index (χ1v) is 6.73. The first-order chi connectivity index (χ1) is 11.1. The number of hydrogen-bond donors (Lipinski definition) is 1. The van der Waals surface area contributed by atoms with Gasteiger partial charge in [0.25, 0.3) is 0 Å². The molecule has 0 unspecified atom stereocenters. The highest BCUT2D eigenvalue weighted by Gasteiger charge is 2.14. The van der Waals surface area contributed by atoms with Gasteiger partial charge in [0.2, 0.25) is 5.78 Å². The molecule has 0 aliphatic heterocycles. The number of carbonyl (C=O) groups is 2. The van der Waals surface area contributed by atoms with Gasteiger partial charge in [-0.15, -0.1) is 0 Å². The van der Waals surface area contributed by atoms with Crippen molar-refractivity contribution in [3.05, 3.63) is 59.4 Å². The number of benzene rings is 1. The van der Waals surface area contributed by atoms with Crippen molar-refractivity contribution in [2.45, 2.75) is 0 Å². The number of Topliss-reactive ketones (excluding diaryl/α,β-unsaturated/α-hetero) is 1. The second-order valence-electron chi connectivity index (χ2n) is 4.53. The lowest BCUT2D eigenvalue weighted by atomic mass is 10.1. The van der Waals surface area contributed by atoms with E-state index in [1.54, 1.807) is 55.8 Å². The Morgan fingerprint density at radius 1 is 1.26 bits per heavy atom. The smallest absolute Gasteiger partial charge is 0.349 e. The van der Waals surface area contributed by atoms with Gasteiger partial charge < -0.3 is 14.5 Å². The van der Waals surface area contributed by atoms with Gasteiger partial charge in [-0.05, 0) is 35.9 Å². The minimum atomic E-state index is -0.844. The van der Waals surface area contributed by atoms with Crippen LogP contribution in [-0.2, 0) is 9.53 Å². The number of nitrogens with one attached hydrogen (secondary N) is 1. The number of ketones is 1. The van der Waals surface area contributed by atoms with Crippen molar-refractivity contribution in [3.8, 4) is 11.8 Å². The highest BCUT2D eigenvalue weighted by Crippen LogP contribution is 2.14. The Hall–Kier alpha value is -3.33. The molecule has 0 fully saturated rings. The van der Waals surface area contributed by atoms with Gasteiger partial charge in [0.1, 0.15) is 17.4 Å². The lowest BCUT2D eigenvalue weighted by Gasteiger charge is -2.03. The standard InChI is InChI=1S/C17H14N2O4/c1-22-14-6-4-12(5-7-14)9-13(10-18)17(21)23-11-16(20)15-3-2-8-19-15/h2-9,19H,11H2,1H3/b13-9+. The quantitative estimate of drug-likeness (QED) is 0.383. The Kier molecular flexibility index (Phi) is 5.31. The summed E-state index contributed by atoms with van der Waals surface area (Å²) in [4.78, 5) is 26.3. The Balaban J connectivity index is 2.01. The molecular formula is C17H14N2O4. The molecule has 0 aliphatic carbocycles. The van der Waals surface area contributed by atoms with E-state index in [1.807, 2.05) is 0 Å². The molecule has 0 saturated carbocycles. The average molecular weight is 310 g/mol. The largest absolute Gasteiger partial charge is 0.497 e. The number of aromatic nitrogens is 1. The lowest BCUT2D eigenvalue weighted by Crippen LogP contribution is -2.15. The molecule has 0 saturated heterocycles. The zero-order valence-corrected chi connectivity index (χ0v) is 12.4. The van der Waals surface area contributed by atoms with Crippen LogP contribution in [0.4, 0.5) is 0 Å². The van der Waals surface area contributed by atoms with Crippen LogP contribution >= 0.6 is 0 Å². The number of hydrogen-bond acceptors (Lipinski definition) is 5. The van der Waals surface area contributed by atoms with Gasteiger partial charge in [-0.25, -0.2) is 4.79 Å². The molecule has 1 heterocycles. The minimum absolute atomic E-state index is 0.186.